The number of nitrogens with one attached hydrogen (secondary N) is 1. The molecule has 0 aliphatic rings. The maximum absolute atomic E-state index is 13.4. The van der Waals surface area contributed by atoms with Crippen LogP contribution in [0.15, 0.2) is 102 Å². The lowest BCUT2D eigenvalue weighted by molar-refractivity contribution is -0.387. The minimum Gasteiger partial charge on any atom is -0.490 e. The Kier molecular flexibility index (Phi) is 8.30. The van der Waals surface area contributed by atoms with Gasteiger partial charge >= 0.3 is 0 Å². The molecule has 11 heteroatoms. The Balaban J connectivity index is 1.82. The number of benzene rings is 3. The maximum Gasteiger partial charge on any atom is 0.289 e. The van der Waals surface area contributed by atoms with E-state index in [1.54, 1.807) is 48.5 Å². The molecule has 3 aromatic carbocycles. The first-order chi connectivity index (χ1) is 16.8. The molecule has 0 atom stereocenters. The largest absolute Gasteiger partial charge is 0.490 e. The van der Waals surface area contributed by atoms with Crippen LogP contribution < -0.4 is 14.5 Å². The molecule has 0 aliphatic heterocycles. The predicted molar refractivity (Wildman–Crippen MR) is 132 cm³/mol. The number of nitrogens with zero attached hydrogens (tertiary/aromatic N) is 3. The Morgan fingerprint density at radius 3 is 2.51 bits per heavy atom. The van der Waals surface area contributed by atoms with Crippen molar-refractivity contribution in [3.8, 4) is 5.75 Å². The molecule has 3 rings (SSSR count). The van der Waals surface area contributed by atoms with E-state index in [0.29, 0.717) is 17.9 Å². The summed E-state index contributed by atoms with van der Waals surface area (Å²) in [6.07, 6.45) is 2.99. The molecule has 0 saturated heterocycles. The van der Waals surface area contributed by atoms with Crippen molar-refractivity contribution in [2.75, 3.05) is 17.5 Å². The second-order valence-corrected chi connectivity index (χ2v) is 8.87. The molecule has 1 N–H and O–H groups in total. The number of hydrogen-bond donors (Lipinski definition) is 1. The van der Waals surface area contributed by atoms with Gasteiger partial charge in [-0.2, -0.15) is 5.10 Å². The average molecular weight is 495 g/mol. The fourth-order valence-corrected chi connectivity index (χ4v) is 4.62. The van der Waals surface area contributed by atoms with Crippen molar-refractivity contribution in [2.24, 2.45) is 5.10 Å². The summed E-state index contributed by atoms with van der Waals surface area (Å²) in [6, 6.07) is 19.7. The summed E-state index contributed by atoms with van der Waals surface area (Å²) in [5.41, 5.74) is 2.50. The molecular formula is C24H22N4O6S. The lowest BCUT2D eigenvalue weighted by Crippen LogP contribution is -2.39. The summed E-state index contributed by atoms with van der Waals surface area (Å²) in [5, 5.41) is 15.3. The Bertz CT molecular complexity index is 1340. The van der Waals surface area contributed by atoms with Gasteiger partial charge in [0.05, 0.1) is 16.8 Å². The van der Waals surface area contributed by atoms with Gasteiger partial charge in [-0.05, 0) is 35.9 Å². The monoisotopic (exact) mass is 494 g/mol. The summed E-state index contributed by atoms with van der Waals surface area (Å²) in [4.78, 5) is 22.7. The summed E-state index contributed by atoms with van der Waals surface area (Å²) >= 11 is 0. The molecule has 0 fully saturated rings. The molecule has 3 aromatic rings. The summed E-state index contributed by atoms with van der Waals surface area (Å²) in [6.45, 7) is 3.26. The Hall–Kier alpha value is -4.51. The third kappa shape index (κ3) is 6.51. The van der Waals surface area contributed by atoms with Crippen molar-refractivity contribution < 1.29 is 22.9 Å². The number of ether oxygens (including phenoxy) is 1. The second-order valence-electron chi connectivity index (χ2n) is 7.04. The molecule has 1 amide bonds. The van der Waals surface area contributed by atoms with E-state index in [0.717, 1.165) is 16.4 Å². The van der Waals surface area contributed by atoms with Crippen LogP contribution in [-0.2, 0) is 14.8 Å². The van der Waals surface area contributed by atoms with Crippen LogP contribution >= 0.6 is 0 Å². The number of nitro benzene ring substituents is 1. The highest BCUT2D eigenvalue weighted by atomic mass is 32.2. The van der Waals surface area contributed by atoms with E-state index >= 15 is 0 Å². The number of rotatable bonds is 11. The van der Waals surface area contributed by atoms with Crippen LogP contribution in [-0.4, -0.2) is 38.6 Å². The fraction of sp³-hybridized carbons (Fsp3) is 0.0833. The number of nitro groups is 1. The average Bonchev–Trinajstić information content (AvgIpc) is 2.86. The lowest BCUT2D eigenvalue weighted by Gasteiger charge is -2.23. The number of hydrogen-bond acceptors (Lipinski definition) is 7. The zero-order valence-electron chi connectivity index (χ0n) is 18.5. The Labute approximate surface area is 202 Å². The van der Waals surface area contributed by atoms with E-state index in [4.69, 9.17) is 4.74 Å². The van der Waals surface area contributed by atoms with Crippen LogP contribution in [0.5, 0.6) is 5.75 Å². The second kappa shape index (κ2) is 11.6. The van der Waals surface area contributed by atoms with E-state index in [-0.39, 0.29) is 5.69 Å². The quantitative estimate of drug-likeness (QED) is 0.188. The SMILES string of the molecule is C=CCOc1cccc(/C=N\NC(=O)CN(c2ccccc2)S(=O)(=O)c2ccccc2[N+](=O)[O-])c1. The third-order valence-electron chi connectivity index (χ3n) is 4.59. The van der Waals surface area contributed by atoms with Crippen molar-refractivity contribution in [1.82, 2.24) is 5.43 Å². The van der Waals surface area contributed by atoms with Crippen molar-refractivity contribution in [2.45, 2.75) is 4.90 Å². The van der Waals surface area contributed by atoms with E-state index < -0.39 is 38.0 Å². The van der Waals surface area contributed by atoms with Gasteiger partial charge in [0.15, 0.2) is 4.90 Å². The van der Waals surface area contributed by atoms with Crippen LogP contribution in [0.25, 0.3) is 0 Å². The molecule has 0 unspecified atom stereocenters. The molecule has 0 radical (unpaired) electrons. The molecule has 0 heterocycles. The van der Waals surface area contributed by atoms with Gasteiger partial charge in [0.1, 0.15) is 18.9 Å². The third-order valence-corrected chi connectivity index (χ3v) is 6.41. The van der Waals surface area contributed by atoms with Gasteiger partial charge in [0.2, 0.25) is 0 Å². The number of amides is 1. The first-order valence-electron chi connectivity index (χ1n) is 10.3. The van der Waals surface area contributed by atoms with Crippen molar-refractivity contribution >= 4 is 33.5 Å². The number of sulfonamides is 1. The highest BCUT2D eigenvalue weighted by Gasteiger charge is 2.33. The molecular weight excluding hydrogens is 472 g/mol. The van der Waals surface area contributed by atoms with Gasteiger partial charge in [0, 0.05) is 6.07 Å². The van der Waals surface area contributed by atoms with E-state index in [9.17, 15) is 23.3 Å². The Morgan fingerprint density at radius 1 is 1.09 bits per heavy atom. The molecule has 0 aromatic heterocycles. The topological polar surface area (TPSA) is 131 Å². The van der Waals surface area contributed by atoms with Gasteiger partial charge in [-0.15, -0.1) is 0 Å². The van der Waals surface area contributed by atoms with E-state index in [2.05, 4.69) is 17.1 Å². The maximum atomic E-state index is 13.4. The van der Waals surface area contributed by atoms with Crippen molar-refractivity contribution in [3.63, 3.8) is 0 Å². The minimum atomic E-state index is -4.46. The first kappa shape index (κ1) is 25.1. The van der Waals surface area contributed by atoms with Crippen LogP contribution in [0.1, 0.15) is 5.56 Å². The molecule has 10 nitrogen and oxygen atoms in total. The Morgan fingerprint density at radius 2 is 1.80 bits per heavy atom. The predicted octanol–water partition coefficient (Wildman–Crippen LogP) is 3.51. The highest BCUT2D eigenvalue weighted by Crippen LogP contribution is 2.29. The van der Waals surface area contributed by atoms with Crippen molar-refractivity contribution in [3.05, 3.63) is 107 Å². The van der Waals surface area contributed by atoms with Gasteiger partial charge in [-0.1, -0.05) is 55.1 Å². The number of para-hydroxylation sites is 2. The molecule has 0 spiro atoms. The van der Waals surface area contributed by atoms with Crippen LogP contribution in [0.2, 0.25) is 0 Å². The van der Waals surface area contributed by atoms with E-state index in [1.165, 1.54) is 30.5 Å². The number of carbonyl (C=O) groups is 1. The van der Waals surface area contributed by atoms with Crippen LogP contribution in [0.3, 0.4) is 0 Å². The minimum absolute atomic E-state index is 0.164. The zero-order chi connectivity index (χ0) is 25.3. The standard InChI is InChI=1S/C24H22N4O6S/c1-2-15-34-21-12-8-9-19(16-21)17-25-26-24(29)18-27(20-10-4-3-5-11-20)35(32,33)23-14-7-6-13-22(23)28(30)31/h2-14,16-17H,1,15,18H2,(H,26,29)/b25-17-. The summed E-state index contributed by atoms with van der Waals surface area (Å²) in [7, 11) is -4.46. The van der Waals surface area contributed by atoms with Gasteiger partial charge in [0.25, 0.3) is 21.6 Å². The molecule has 0 saturated carbocycles. The highest BCUT2D eigenvalue weighted by molar-refractivity contribution is 7.93. The van der Waals surface area contributed by atoms with Crippen molar-refractivity contribution in [1.29, 1.82) is 0 Å². The number of carbonyl (C=O) groups excluding carboxylic acids is 1. The van der Waals surface area contributed by atoms with Gasteiger partial charge < -0.3 is 4.74 Å². The normalized spacial score (nSPS) is 11.1. The molecule has 180 valence electrons. The first-order valence-corrected chi connectivity index (χ1v) is 11.7. The molecule has 0 bridgehead atoms. The summed E-state index contributed by atoms with van der Waals surface area (Å²) < 4.78 is 33.0. The number of anilines is 1. The number of hydrazone groups is 1. The van der Waals surface area contributed by atoms with E-state index in [1.807, 2.05) is 0 Å². The summed E-state index contributed by atoms with van der Waals surface area (Å²) in [5.74, 6) is -0.155. The lowest BCUT2D eigenvalue weighted by atomic mass is 10.2. The fourth-order valence-electron chi connectivity index (χ4n) is 3.04. The molecule has 0 aliphatic carbocycles. The van der Waals surface area contributed by atoms with Crippen LogP contribution in [0.4, 0.5) is 11.4 Å². The van der Waals surface area contributed by atoms with Crippen LogP contribution in [0, 0.1) is 10.1 Å². The van der Waals surface area contributed by atoms with Gasteiger partial charge in [-0.3, -0.25) is 19.2 Å². The van der Waals surface area contributed by atoms with Gasteiger partial charge in [-0.25, -0.2) is 13.8 Å². The molecule has 35 heavy (non-hydrogen) atoms. The smallest absolute Gasteiger partial charge is 0.289 e. The zero-order valence-corrected chi connectivity index (χ0v) is 19.3.